The molecule has 1 unspecified atom stereocenters. The van der Waals surface area contributed by atoms with E-state index in [2.05, 4.69) is 4.90 Å². The zero-order valence-electron chi connectivity index (χ0n) is 10.3. The molecule has 2 fully saturated rings. The van der Waals surface area contributed by atoms with Gasteiger partial charge in [-0.2, -0.15) is 0 Å². The molecule has 2 aliphatic rings. The first-order valence-corrected chi connectivity index (χ1v) is 5.71. The van der Waals surface area contributed by atoms with Gasteiger partial charge in [-0.05, 0) is 25.9 Å². The molecular formula is C11H17N3O3. The van der Waals surface area contributed by atoms with Crippen LogP contribution in [0.5, 0.6) is 0 Å². The van der Waals surface area contributed by atoms with Crippen molar-refractivity contribution < 1.29 is 14.4 Å². The van der Waals surface area contributed by atoms with Gasteiger partial charge in [0.25, 0.3) is 0 Å². The minimum atomic E-state index is -0.687. The summed E-state index contributed by atoms with van der Waals surface area (Å²) in [6, 6.07) is -0.539. The summed E-state index contributed by atoms with van der Waals surface area (Å²) in [5.41, 5.74) is 0. The van der Waals surface area contributed by atoms with Crippen LogP contribution in [0.1, 0.15) is 6.42 Å². The smallest absolute Gasteiger partial charge is 0.306 e. The van der Waals surface area contributed by atoms with Gasteiger partial charge in [0, 0.05) is 20.6 Å². The van der Waals surface area contributed by atoms with Gasteiger partial charge in [-0.25, -0.2) is 4.79 Å². The van der Waals surface area contributed by atoms with Crippen LogP contribution in [0.15, 0.2) is 0 Å². The number of barbiturate groups is 1. The van der Waals surface area contributed by atoms with Gasteiger partial charge < -0.3 is 4.90 Å². The van der Waals surface area contributed by atoms with Crippen LogP contribution in [0.4, 0.5) is 4.79 Å². The van der Waals surface area contributed by atoms with E-state index in [1.54, 1.807) is 0 Å². The second-order valence-corrected chi connectivity index (χ2v) is 4.87. The van der Waals surface area contributed by atoms with Crippen molar-refractivity contribution in [3.8, 4) is 0 Å². The average molecular weight is 239 g/mol. The first kappa shape index (κ1) is 12.0. The molecule has 6 nitrogen and oxygen atoms in total. The molecule has 6 heteroatoms. The molecule has 0 spiro atoms. The Morgan fingerprint density at radius 2 is 1.53 bits per heavy atom. The van der Waals surface area contributed by atoms with E-state index in [-0.39, 0.29) is 17.7 Å². The van der Waals surface area contributed by atoms with Gasteiger partial charge in [0.2, 0.25) is 11.8 Å². The van der Waals surface area contributed by atoms with Crippen LogP contribution in [-0.2, 0) is 9.59 Å². The third-order valence-corrected chi connectivity index (χ3v) is 3.67. The van der Waals surface area contributed by atoms with Gasteiger partial charge in [0.15, 0.2) is 0 Å². The highest BCUT2D eigenvalue weighted by atomic mass is 16.2. The van der Waals surface area contributed by atoms with Crippen LogP contribution in [0.25, 0.3) is 0 Å². The fourth-order valence-corrected chi connectivity index (χ4v) is 2.58. The molecule has 0 aliphatic carbocycles. The van der Waals surface area contributed by atoms with Gasteiger partial charge in [0.1, 0.15) is 5.92 Å². The Morgan fingerprint density at radius 3 is 1.94 bits per heavy atom. The maximum absolute atomic E-state index is 12.0. The Labute approximate surface area is 100 Å². The monoisotopic (exact) mass is 239 g/mol. The van der Waals surface area contributed by atoms with Crippen LogP contribution in [0.3, 0.4) is 0 Å². The molecule has 0 radical (unpaired) electrons. The highest BCUT2D eigenvalue weighted by molar-refractivity contribution is 6.15. The Kier molecular flexibility index (Phi) is 2.91. The normalized spacial score (nSPS) is 28.4. The molecule has 2 saturated heterocycles. The Bertz CT molecular complexity index is 358. The second kappa shape index (κ2) is 4.10. The summed E-state index contributed by atoms with van der Waals surface area (Å²) in [6.07, 6.45) is 0.828. The number of carbonyl (C=O) groups is 3. The lowest BCUT2D eigenvalue weighted by Crippen LogP contribution is -2.58. The van der Waals surface area contributed by atoms with Crippen molar-refractivity contribution in [3.05, 3.63) is 0 Å². The highest BCUT2D eigenvalue weighted by Crippen LogP contribution is 2.29. The van der Waals surface area contributed by atoms with Crippen molar-refractivity contribution >= 4 is 17.8 Å². The molecule has 0 bridgehead atoms. The predicted octanol–water partition coefficient (Wildman–Crippen LogP) is -0.395. The standard InChI is InChI=1S/C11H17N3O3/c1-12-5-4-7(6-12)8-9(15)13(2)11(17)14(3)10(8)16/h7-8H,4-6H2,1-3H3. The van der Waals surface area contributed by atoms with Crippen LogP contribution < -0.4 is 0 Å². The summed E-state index contributed by atoms with van der Waals surface area (Å²) in [6.45, 7) is 1.63. The lowest BCUT2D eigenvalue weighted by atomic mass is 9.88. The number of rotatable bonds is 1. The van der Waals surface area contributed by atoms with Gasteiger partial charge in [-0.3, -0.25) is 19.4 Å². The summed E-state index contributed by atoms with van der Waals surface area (Å²) in [4.78, 5) is 39.8. The molecule has 0 aromatic heterocycles. The van der Waals surface area contributed by atoms with Crippen LogP contribution >= 0.6 is 0 Å². The first-order chi connectivity index (χ1) is 7.93. The van der Waals surface area contributed by atoms with Crippen molar-refractivity contribution in [1.82, 2.24) is 14.7 Å². The number of carbonyl (C=O) groups excluding carboxylic acids is 3. The van der Waals surface area contributed by atoms with Crippen molar-refractivity contribution in [1.29, 1.82) is 0 Å². The van der Waals surface area contributed by atoms with E-state index in [1.165, 1.54) is 14.1 Å². The maximum atomic E-state index is 12.0. The van der Waals surface area contributed by atoms with E-state index in [1.807, 2.05) is 7.05 Å². The van der Waals surface area contributed by atoms with Crippen molar-refractivity contribution in [3.63, 3.8) is 0 Å². The Balaban J connectivity index is 2.23. The number of hydrogen-bond acceptors (Lipinski definition) is 4. The lowest BCUT2D eigenvalue weighted by molar-refractivity contribution is -0.149. The zero-order valence-corrected chi connectivity index (χ0v) is 10.3. The molecule has 17 heavy (non-hydrogen) atoms. The van der Waals surface area contributed by atoms with E-state index in [4.69, 9.17) is 0 Å². The van der Waals surface area contributed by atoms with E-state index in [9.17, 15) is 14.4 Å². The zero-order chi connectivity index (χ0) is 12.7. The van der Waals surface area contributed by atoms with Crippen LogP contribution in [0, 0.1) is 11.8 Å². The Morgan fingerprint density at radius 1 is 1.00 bits per heavy atom. The van der Waals surface area contributed by atoms with E-state index >= 15 is 0 Å². The molecule has 0 aromatic carbocycles. The van der Waals surface area contributed by atoms with E-state index in [0.717, 1.165) is 29.3 Å². The fraction of sp³-hybridized carbons (Fsp3) is 0.727. The number of urea groups is 1. The summed E-state index contributed by atoms with van der Waals surface area (Å²) < 4.78 is 0. The summed E-state index contributed by atoms with van der Waals surface area (Å²) >= 11 is 0. The maximum Gasteiger partial charge on any atom is 0.332 e. The molecule has 4 amide bonds. The number of imide groups is 2. The molecule has 2 heterocycles. The van der Waals surface area contributed by atoms with Gasteiger partial charge in [-0.1, -0.05) is 0 Å². The summed E-state index contributed by atoms with van der Waals surface area (Å²) in [5.74, 6) is -1.39. The van der Waals surface area contributed by atoms with Gasteiger partial charge >= 0.3 is 6.03 Å². The SMILES string of the molecule is CN1CCC(C2C(=O)N(C)C(=O)N(C)C2=O)C1. The molecule has 94 valence electrons. The topological polar surface area (TPSA) is 60.9 Å². The summed E-state index contributed by atoms with van der Waals surface area (Å²) in [5, 5.41) is 0. The molecule has 0 saturated carbocycles. The van der Waals surface area contributed by atoms with Gasteiger partial charge in [0.05, 0.1) is 0 Å². The number of amides is 4. The average Bonchev–Trinajstić information content (AvgIpc) is 2.71. The molecule has 2 aliphatic heterocycles. The number of nitrogens with zero attached hydrogens (tertiary/aromatic N) is 3. The quantitative estimate of drug-likeness (QED) is 0.584. The molecular weight excluding hydrogens is 222 g/mol. The first-order valence-electron chi connectivity index (χ1n) is 5.71. The molecule has 1 atom stereocenters. The largest absolute Gasteiger partial charge is 0.332 e. The van der Waals surface area contributed by atoms with Crippen molar-refractivity contribution in [2.75, 3.05) is 34.2 Å². The predicted molar refractivity (Wildman–Crippen MR) is 60.0 cm³/mol. The minimum absolute atomic E-state index is 0.0259. The van der Waals surface area contributed by atoms with Crippen LogP contribution in [-0.4, -0.2) is 66.8 Å². The number of likely N-dealkylation sites (tertiary alicyclic amines) is 1. The van der Waals surface area contributed by atoms with Crippen LogP contribution in [0.2, 0.25) is 0 Å². The molecule has 0 N–H and O–H groups in total. The van der Waals surface area contributed by atoms with Gasteiger partial charge in [-0.15, -0.1) is 0 Å². The van der Waals surface area contributed by atoms with E-state index in [0.29, 0.717) is 0 Å². The Hall–Kier alpha value is -1.43. The molecule has 2 rings (SSSR count). The van der Waals surface area contributed by atoms with Crippen molar-refractivity contribution in [2.24, 2.45) is 11.8 Å². The highest BCUT2D eigenvalue weighted by Gasteiger charge is 2.47. The second-order valence-electron chi connectivity index (χ2n) is 4.87. The number of hydrogen-bond donors (Lipinski definition) is 0. The third-order valence-electron chi connectivity index (χ3n) is 3.67. The summed E-state index contributed by atoms with van der Waals surface area (Å²) in [7, 11) is 4.83. The third kappa shape index (κ3) is 1.82. The van der Waals surface area contributed by atoms with Crippen molar-refractivity contribution in [2.45, 2.75) is 6.42 Å². The van der Waals surface area contributed by atoms with E-state index < -0.39 is 11.9 Å². The lowest BCUT2D eigenvalue weighted by Gasteiger charge is -2.35. The molecule has 0 aromatic rings. The minimum Gasteiger partial charge on any atom is -0.306 e. The fourth-order valence-electron chi connectivity index (χ4n) is 2.58.